The van der Waals surface area contributed by atoms with Crippen LogP contribution in [0.15, 0.2) is 170 Å². The highest BCUT2D eigenvalue weighted by Crippen LogP contribution is 2.43. The molecule has 29 heteroatoms. The number of ether oxygens (including phenoxy) is 4. The van der Waals surface area contributed by atoms with Crippen LogP contribution in [-0.4, -0.2) is 180 Å². The fraction of sp³-hybridized carbons (Fsp3) is 0.379. The fourth-order valence-electron chi connectivity index (χ4n) is 16.3. The number of nitro benzene ring substituents is 2. The molecule has 16 rings (SSSR count). The third-order valence-corrected chi connectivity index (χ3v) is 23.9. The van der Waals surface area contributed by atoms with Gasteiger partial charge in [0.25, 0.3) is 11.4 Å². The lowest BCUT2D eigenvalue weighted by Crippen LogP contribution is -2.34. The summed E-state index contributed by atoms with van der Waals surface area (Å²) < 4.78 is 22.2. The number of aliphatic hydroxyl groups is 4. The number of nitrogens with zero attached hydrogens (tertiary/aromatic N) is 14. The normalized spacial score (nSPS) is 14.4. The number of aromatic nitrogens is 8. The van der Waals surface area contributed by atoms with Crippen molar-refractivity contribution in [2.45, 2.75) is 160 Å². The largest absolute Gasteiger partial charge is 0.496 e. The number of para-hydroxylation sites is 4. The molecule has 12 aromatic rings. The molecule has 0 bridgehead atoms. The highest BCUT2D eigenvalue weighted by atomic mass is 79.9. The number of aryl methyl sites for hydroxylation is 1. The maximum Gasteiger partial charge on any atom is 0.270 e. The molecule has 4 aliphatic heterocycles. The first-order valence-corrected chi connectivity index (χ1v) is 45.7. The van der Waals surface area contributed by atoms with Crippen molar-refractivity contribution >= 4 is 111 Å². The van der Waals surface area contributed by atoms with E-state index in [1.807, 2.05) is 84.9 Å². The highest BCUT2D eigenvalue weighted by molar-refractivity contribution is 9.09. The summed E-state index contributed by atoms with van der Waals surface area (Å²) in [5, 5.41) is 64.7. The van der Waals surface area contributed by atoms with Crippen LogP contribution in [0, 0.1) is 68.6 Å². The van der Waals surface area contributed by atoms with Crippen LogP contribution in [0.3, 0.4) is 0 Å². The number of non-ortho nitro benzene ring substituents is 2. The lowest BCUT2D eigenvalue weighted by Gasteiger charge is -2.34. The molecule has 0 amide bonds. The molecule has 27 nitrogen and oxygen atoms in total. The summed E-state index contributed by atoms with van der Waals surface area (Å²) in [7, 11) is 6.83. The lowest BCUT2D eigenvalue weighted by molar-refractivity contribution is -0.384. The maximum atomic E-state index is 11.4. The number of hydrogen-bond donors (Lipinski definition) is 5. The number of nitrogens with two attached hydrogens (primary N) is 1. The van der Waals surface area contributed by atoms with Crippen LogP contribution in [0.25, 0.3) is 43.6 Å². The van der Waals surface area contributed by atoms with E-state index in [0.717, 1.165) is 178 Å². The lowest BCUT2D eigenvalue weighted by atomic mass is 9.88. The summed E-state index contributed by atoms with van der Waals surface area (Å²) in [6.07, 6.45) is 21.0. The van der Waals surface area contributed by atoms with E-state index >= 15 is 0 Å². The number of rotatable bonds is 18. The molecule has 688 valence electrons. The Morgan fingerprint density at radius 2 is 0.758 bits per heavy atom. The summed E-state index contributed by atoms with van der Waals surface area (Å²) in [4.78, 5) is 66.8. The summed E-state index contributed by atoms with van der Waals surface area (Å²) in [6.45, 7) is 18.5. The second-order valence-corrected chi connectivity index (χ2v) is 35.1. The van der Waals surface area contributed by atoms with Crippen molar-refractivity contribution in [3.05, 3.63) is 241 Å². The monoisotopic (exact) mass is 1870 g/mol. The maximum absolute atomic E-state index is 11.4. The van der Waals surface area contributed by atoms with Crippen LogP contribution < -0.4 is 44.3 Å². The standard InChI is InChI=1S/C25H26N4O4.C25H28N4O2.C25H27N3O2.C20H19ClN4O3.C5H8O.C3H7Br/c1-25(2,30)13-10-23-26-21-9-8-18(29(31)32)16-20(21)24(27-23)28-14-11-17(12-15-28)19-6-4-5-7-22(19)33-3;1-25(2,30)13-10-23-27-21-9-8-18(26)16-20(21)24(28-23)29-14-11-17(12-15-29)19-6-4-5-7-22(19)31-3;1-3-24-26-22-11-10-18(7-6-16-29)17-21(22)25(27-24)28-14-12-19(13-15-28)20-8-4-5-9-23(20)30-2;1-28-18-5-3-2-4-15(18)13-8-10-24(11-9-13)19-16-12-14(25(26)27)6-7-17(16)22-20(21)23-19;1-4-5(2,3)6;1-2-3-4/h4-9,16-17,30H,11-12,14-15H2,1-3H3;4-9,16-17,30H,11-12,14-15,26H2,1-3H3;1,4-5,8-11,17,19,29H,6-7,12-16H2,2H3;2-7,12-13H,8-11H2,1H3;1,6H,2-3H3;2-3H2,1H3. The van der Waals surface area contributed by atoms with Gasteiger partial charge in [-0.3, -0.25) is 20.2 Å². The molecule has 0 radical (unpaired) electrons. The molecule has 132 heavy (non-hydrogen) atoms. The Labute approximate surface area is 785 Å². The van der Waals surface area contributed by atoms with Crippen molar-refractivity contribution in [1.29, 1.82) is 0 Å². The number of benzene rings is 8. The van der Waals surface area contributed by atoms with E-state index in [9.17, 15) is 30.4 Å². The number of terminal acetylenes is 2. The number of aliphatic hydroxyl groups excluding tert-OH is 1. The first-order chi connectivity index (χ1) is 63.3. The van der Waals surface area contributed by atoms with Gasteiger partial charge in [0.15, 0.2) is 0 Å². The first kappa shape index (κ1) is 99.5. The van der Waals surface area contributed by atoms with E-state index in [0.29, 0.717) is 74.4 Å². The van der Waals surface area contributed by atoms with E-state index in [4.69, 9.17) is 69.3 Å². The molecule has 4 fully saturated rings. The van der Waals surface area contributed by atoms with Crippen LogP contribution in [0.1, 0.15) is 182 Å². The number of nitrogen functional groups attached to an aromatic ring is 1. The minimum absolute atomic E-state index is 0.00779. The topological polar surface area (TPSA) is 346 Å². The van der Waals surface area contributed by atoms with Crippen LogP contribution >= 0.6 is 27.5 Å². The summed E-state index contributed by atoms with van der Waals surface area (Å²) in [5.41, 5.74) is 12.5. The number of nitro groups is 2. The predicted molar refractivity (Wildman–Crippen MR) is 529 cm³/mol. The van der Waals surface area contributed by atoms with E-state index in [-0.39, 0.29) is 29.1 Å². The van der Waals surface area contributed by atoms with Gasteiger partial charge in [0.1, 0.15) is 63.1 Å². The summed E-state index contributed by atoms with van der Waals surface area (Å²) >= 11 is 9.36. The fourth-order valence-corrected chi connectivity index (χ4v) is 16.5. The number of piperidine rings is 4. The van der Waals surface area contributed by atoms with Gasteiger partial charge < -0.3 is 64.7 Å². The van der Waals surface area contributed by atoms with Crippen molar-refractivity contribution in [3.63, 3.8) is 0 Å². The van der Waals surface area contributed by atoms with Gasteiger partial charge in [-0.2, -0.15) is 4.98 Å². The summed E-state index contributed by atoms with van der Waals surface area (Å²) in [6, 6.07) is 53.7. The van der Waals surface area contributed by atoms with E-state index in [1.165, 1.54) is 58.5 Å². The summed E-state index contributed by atoms with van der Waals surface area (Å²) in [5.74, 6) is 25.6. The van der Waals surface area contributed by atoms with Crippen molar-refractivity contribution in [2.75, 3.05) is 118 Å². The van der Waals surface area contributed by atoms with Crippen molar-refractivity contribution in [2.24, 2.45) is 0 Å². The Morgan fingerprint density at radius 3 is 1.08 bits per heavy atom. The molecular formula is C103H115BrClN15O12. The zero-order chi connectivity index (χ0) is 94.8. The first-order valence-electron chi connectivity index (χ1n) is 44.2. The third kappa shape index (κ3) is 27.1. The number of anilines is 5. The van der Waals surface area contributed by atoms with Gasteiger partial charge in [-0.05, 0) is 260 Å². The quantitative estimate of drug-likeness (QED) is 0.0133. The van der Waals surface area contributed by atoms with Crippen molar-refractivity contribution in [1.82, 2.24) is 39.9 Å². The average molecular weight is 1870 g/mol. The van der Waals surface area contributed by atoms with Crippen LogP contribution in [0.4, 0.5) is 40.3 Å². The Kier molecular flexibility index (Phi) is 35.2. The SMILES string of the molecule is C#CC(C)(C)O.C#Cc1nc(N2CCC(c3ccccc3OC)CC2)c2cc(CCCO)ccc2n1.CCCBr.COc1ccccc1C1CCN(c2nc(C#CC(C)(C)O)nc3ccc(N)cc23)CC1.COc1ccccc1C1CCN(c2nc(C#CC(C)(C)O)nc3ccc([N+](=O)[O-])cc23)CC1.COc1ccccc1C1CCN(c2nc(Cl)nc3ccc([N+](=O)[O-])cc23)CC1. The molecule has 4 saturated heterocycles. The molecule has 8 heterocycles. The predicted octanol–water partition coefficient (Wildman–Crippen LogP) is 18.5. The van der Waals surface area contributed by atoms with Crippen molar-refractivity contribution in [3.8, 4) is 71.4 Å². The number of halogens is 2. The molecular weight excluding hydrogens is 1750 g/mol. The molecule has 4 aromatic heterocycles. The van der Waals surface area contributed by atoms with Crippen LogP contribution in [0.5, 0.6) is 23.0 Å². The average Bonchev–Trinajstić information content (AvgIpc) is 0.792. The Morgan fingerprint density at radius 1 is 0.455 bits per heavy atom. The van der Waals surface area contributed by atoms with Gasteiger partial charge >= 0.3 is 0 Å². The number of fused-ring (bicyclic) bond motifs is 4. The van der Waals surface area contributed by atoms with Gasteiger partial charge in [-0.15, -0.1) is 12.8 Å². The minimum Gasteiger partial charge on any atom is -0.496 e. The van der Waals surface area contributed by atoms with Gasteiger partial charge in [0.05, 0.1) is 60.4 Å². The molecule has 0 unspecified atom stereocenters. The van der Waals surface area contributed by atoms with Gasteiger partial charge in [-0.25, -0.2) is 34.9 Å². The van der Waals surface area contributed by atoms with Crippen LogP contribution in [-0.2, 0) is 6.42 Å². The highest BCUT2D eigenvalue weighted by Gasteiger charge is 2.32. The molecule has 8 aromatic carbocycles. The van der Waals surface area contributed by atoms with Crippen molar-refractivity contribution < 1.29 is 49.2 Å². The Bertz CT molecular complexity index is 6210. The Hall–Kier alpha value is -13.0. The van der Waals surface area contributed by atoms with E-state index in [1.54, 1.807) is 82.1 Å². The molecule has 0 atom stereocenters. The van der Waals surface area contributed by atoms with Crippen LogP contribution in [0.2, 0.25) is 5.28 Å². The van der Waals surface area contributed by atoms with Gasteiger partial charge in [-0.1, -0.05) is 119 Å². The van der Waals surface area contributed by atoms with Gasteiger partial charge in [0, 0.05) is 116 Å². The molecule has 0 saturated carbocycles. The zero-order valence-corrected chi connectivity index (χ0v) is 79.0. The van der Waals surface area contributed by atoms with Gasteiger partial charge in [0.2, 0.25) is 22.8 Å². The molecule has 6 N–H and O–H groups in total. The smallest absolute Gasteiger partial charge is 0.270 e. The second kappa shape index (κ2) is 46.7. The second-order valence-electron chi connectivity index (χ2n) is 34.0. The zero-order valence-electron chi connectivity index (χ0n) is 76.6. The molecule has 0 aliphatic carbocycles. The number of methoxy groups -OCH3 is 4. The molecule has 0 spiro atoms. The Balaban J connectivity index is 0.000000164. The third-order valence-electron chi connectivity index (χ3n) is 22.9. The number of alkyl halides is 1. The number of hydrogen-bond acceptors (Lipinski definition) is 25. The minimum atomic E-state index is -1.18. The van der Waals surface area contributed by atoms with E-state index < -0.39 is 26.6 Å². The molecule has 4 aliphatic rings. The van der Waals surface area contributed by atoms with E-state index in [2.05, 4.69) is 156 Å².